The number of para-hydroxylation sites is 2. The molecule has 2 aromatic carbocycles. The van der Waals surface area contributed by atoms with Gasteiger partial charge in [-0.25, -0.2) is 9.13 Å². The van der Waals surface area contributed by atoms with Crippen molar-refractivity contribution in [2.24, 2.45) is 7.05 Å². The van der Waals surface area contributed by atoms with Crippen molar-refractivity contribution in [2.75, 3.05) is 5.32 Å². The number of carbonyl (C=O) groups excluding carboxylic acids is 1. The molecule has 0 saturated carbocycles. The van der Waals surface area contributed by atoms with E-state index in [4.69, 9.17) is 0 Å². The first-order valence-electron chi connectivity index (χ1n) is 7.36. The second-order valence-electron chi connectivity index (χ2n) is 5.64. The lowest BCUT2D eigenvalue weighted by Gasteiger charge is -2.09. The lowest BCUT2D eigenvalue weighted by atomic mass is 10.1. The molecule has 1 amide bonds. The van der Waals surface area contributed by atoms with Crippen LogP contribution in [0.4, 0.5) is 5.69 Å². The molecule has 0 aliphatic heterocycles. The van der Waals surface area contributed by atoms with E-state index in [1.165, 1.54) is 5.56 Å². The van der Waals surface area contributed by atoms with Crippen molar-refractivity contribution < 1.29 is 9.36 Å². The number of imidazole rings is 1. The van der Waals surface area contributed by atoms with E-state index in [9.17, 15) is 4.79 Å². The molecule has 0 fully saturated rings. The Hall–Kier alpha value is -2.62. The minimum atomic E-state index is -0.0185. The third-order valence-electron chi connectivity index (χ3n) is 4.08. The maximum Gasteiger partial charge on any atom is 0.266 e. The highest BCUT2D eigenvalue weighted by Crippen LogP contribution is 2.18. The van der Waals surface area contributed by atoms with Crippen molar-refractivity contribution in [3.05, 3.63) is 59.9 Å². The Bertz CT molecular complexity index is 849. The fourth-order valence-corrected chi connectivity index (χ4v) is 2.70. The van der Waals surface area contributed by atoms with Crippen LogP contribution in [0, 0.1) is 13.8 Å². The molecule has 22 heavy (non-hydrogen) atoms. The van der Waals surface area contributed by atoms with E-state index in [1.54, 1.807) is 0 Å². The van der Waals surface area contributed by atoms with Gasteiger partial charge in [-0.2, -0.15) is 0 Å². The highest BCUT2D eigenvalue weighted by atomic mass is 16.1. The zero-order valence-corrected chi connectivity index (χ0v) is 13.1. The van der Waals surface area contributed by atoms with Crippen LogP contribution in [-0.2, 0) is 18.4 Å². The summed E-state index contributed by atoms with van der Waals surface area (Å²) in [6.45, 7) is 4.37. The summed E-state index contributed by atoms with van der Waals surface area (Å²) in [4.78, 5) is 12.4. The predicted octanol–water partition coefficient (Wildman–Crippen LogP) is 2.72. The first kappa shape index (κ1) is 14.3. The number of aromatic nitrogens is 2. The summed E-state index contributed by atoms with van der Waals surface area (Å²) < 4.78 is 4.00. The second-order valence-corrected chi connectivity index (χ2v) is 5.64. The van der Waals surface area contributed by atoms with E-state index in [0.717, 1.165) is 22.3 Å². The van der Waals surface area contributed by atoms with Gasteiger partial charge in [-0.05, 0) is 43.2 Å². The summed E-state index contributed by atoms with van der Waals surface area (Å²) in [5.74, 6) is -0.0185. The molecule has 3 rings (SSSR count). The van der Waals surface area contributed by atoms with Crippen LogP contribution in [0.5, 0.6) is 0 Å². The zero-order chi connectivity index (χ0) is 15.7. The number of nitrogens with one attached hydrogen (secondary N) is 1. The van der Waals surface area contributed by atoms with Gasteiger partial charge in [0, 0.05) is 5.69 Å². The normalized spacial score (nSPS) is 10.9. The monoisotopic (exact) mass is 294 g/mol. The van der Waals surface area contributed by atoms with Gasteiger partial charge < -0.3 is 5.32 Å². The molecule has 1 aromatic heterocycles. The topological polar surface area (TPSA) is 37.9 Å². The van der Waals surface area contributed by atoms with Gasteiger partial charge in [0.2, 0.25) is 6.33 Å². The fourth-order valence-electron chi connectivity index (χ4n) is 2.70. The van der Waals surface area contributed by atoms with Crippen LogP contribution in [0.15, 0.2) is 48.8 Å². The molecule has 0 atom stereocenters. The molecule has 4 nitrogen and oxygen atoms in total. The number of hydrogen-bond donors (Lipinski definition) is 1. The lowest BCUT2D eigenvalue weighted by Crippen LogP contribution is -2.26. The molecule has 0 saturated heterocycles. The Kier molecular flexibility index (Phi) is 3.67. The minimum absolute atomic E-state index is 0.0185. The van der Waals surface area contributed by atoms with Gasteiger partial charge in [0.1, 0.15) is 0 Å². The molecule has 0 spiro atoms. The zero-order valence-electron chi connectivity index (χ0n) is 13.1. The van der Waals surface area contributed by atoms with E-state index in [-0.39, 0.29) is 5.91 Å². The maximum atomic E-state index is 12.4. The molecule has 0 aliphatic rings. The number of aryl methyl sites for hydroxylation is 2. The molecule has 1 N–H and O–H groups in total. The number of benzene rings is 2. The number of nitrogens with zero attached hydrogens (tertiary/aromatic N) is 2. The summed E-state index contributed by atoms with van der Waals surface area (Å²) in [7, 11) is 1.99. The highest BCUT2D eigenvalue weighted by Gasteiger charge is 2.16. The number of rotatable bonds is 3. The summed E-state index contributed by atoms with van der Waals surface area (Å²) >= 11 is 0. The van der Waals surface area contributed by atoms with Crippen molar-refractivity contribution in [3.8, 4) is 0 Å². The average Bonchev–Trinajstić information content (AvgIpc) is 2.81. The second kappa shape index (κ2) is 5.64. The Labute approximate surface area is 130 Å². The molecule has 1 heterocycles. The van der Waals surface area contributed by atoms with Crippen LogP contribution in [0.1, 0.15) is 11.1 Å². The van der Waals surface area contributed by atoms with Crippen molar-refractivity contribution in [3.63, 3.8) is 0 Å². The molecule has 4 heteroatoms. The van der Waals surface area contributed by atoms with Crippen LogP contribution in [0.25, 0.3) is 11.0 Å². The summed E-state index contributed by atoms with van der Waals surface area (Å²) in [5.41, 5.74) is 5.34. The quantitative estimate of drug-likeness (QED) is 0.741. The highest BCUT2D eigenvalue weighted by molar-refractivity contribution is 5.92. The van der Waals surface area contributed by atoms with E-state index < -0.39 is 0 Å². The summed E-state index contributed by atoms with van der Waals surface area (Å²) in [5, 5.41) is 3.00. The molecule has 0 radical (unpaired) electrons. The number of hydrogen-bond acceptors (Lipinski definition) is 1. The third kappa shape index (κ3) is 2.60. The van der Waals surface area contributed by atoms with Crippen LogP contribution in [0.3, 0.4) is 0 Å². The Morgan fingerprint density at radius 3 is 2.73 bits per heavy atom. The SMILES string of the molecule is Cc1cccc(NC(=O)Cn2c[n+](C)c3ccccc32)c1C. The minimum Gasteiger partial charge on any atom is -0.322 e. The Morgan fingerprint density at radius 2 is 1.91 bits per heavy atom. The first-order chi connectivity index (χ1) is 10.6. The van der Waals surface area contributed by atoms with Crippen molar-refractivity contribution in [1.29, 1.82) is 0 Å². The van der Waals surface area contributed by atoms with Crippen molar-refractivity contribution in [1.82, 2.24) is 4.57 Å². The van der Waals surface area contributed by atoms with Crippen LogP contribution in [0.2, 0.25) is 0 Å². The molecule has 3 aromatic rings. The number of amides is 1. The molecule has 0 bridgehead atoms. The first-order valence-corrected chi connectivity index (χ1v) is 7.36. The van der Waals surface area contributed by atoms with Crippen molar-refractivity contribution >= 4 is 22.6 Å². The lowest BCUT2D eigenvalue weighted by molar-refractivity contribution is -0.645. The number of anilines is 1. The van der Waals surface area contributed by atoms with Gasteiger partial charge in [0.15, 0.2) is 17.6 Å². The van der Waals surface area contributed by atoms with Crippen LogP contribution in [-0.4, -0.2) is 10.5 Å². The van der Waals surface area contributed by atoms with Gasteiger partial charge >= 0.3 is 0 Å². The molecular formula is C18H20N3O+. The standard InChI is InChI=1S/C18H19N3O/c1-13-7-6-8-15(14(13)2)19-18(22)11-21-12-20(3)16-9-4-5-10-17(16)21/h4-10,12H,11H2,1-3H3/p+1. The number of fused-ring (bicyclic) bond motifs is 1. The van der Waals surface area contributed by atoms with Crippen LogP contribution < -0.4 is 9.88 Å². The van der Waals surface area contributed by atoms with E-state index in [1.807, 2.05) is 72.8 Å². The van der Waals surface area contributed by atoms with Gasteiger partial charge in [0.25, 0.3) is 5.91 Å². The van der Waals surface area contributed by atoms with Gasteiger partial charge in [-0.3, -0.25) is 4.79 Å². The average molecular weight is 294 g/mol. The summed E-state index contributed by atoms with van der Waals surface area (Å²) in [6, 6.07) is 14.0. The van der Waals surface area contributed by atoms with E-state index in [2.05, 4.69) is 11.4 Å². The van der Waals surface area contributed by atoms with Crippen molar-refractivity contribution in [2.45, 2.75) is 20.4 Å². The summed E-state index contributed by atoms with van der Waals surface area (Å²) in [6.07, 6.45) is 1.95. The van der Waals surface area contributed by atoms with E-state index >= 15 is 0 Å². The third-order valence-corrected chi connectivity index (χ3v) is 4.08. The molecule has 0 unspecified atom stereocenters. The van der Waals surface area contributed by atoms with E-state index in [0.29, 0.717) is 6.54 Å². The fraction of sp³-hybridized carbons (Fsp3) is 0.222. The van der Waals surface area contributed by atoms with Crippen LogP contribution >= 0.6 is 0 Å². The maximum absolute atomic E-state index is 12.4. The predicted molar refractivity (Wildman–Crippen MR) is 87.7 cm³/mol. The van der Waals surface area contributed by atoms with Gasteiger partial charge in [-0.1, -0.05) is 24.3 Å². The Balaban J connectivity index is 1.83. The Morgan fingerprint density at radius 1 is 1.14 bits per heavy atom. The number of carbonyl (C=O) groups is 1. The molecular weight excluding hydrogens is 274 g/mol. The smallest absolute Gasteiger partial charge is 0.266 e. The largest absolute Gasteiger partial charge is 0.322 e. The molecule has 0 aliphatic carbocycles. The van der Waals surface area contributed by atoms with Gasteiger partial charge in [-0.15, -0.1) is 0 Å². The molecule has 112 valence electrons. The van der Waals surface area contributed by atoms with Gasteiger partial charge in [0.05, 0.1) is 7.05 Å².